The fourth-order valence-electron chi connectivity index (χ4n) is 2.91. The second-order valence-electron chi connectivity index (χ2n) is 6.43. The third kappa shape index (κ3) is 3.87. The van der Waals surface area contributed by atoms with Gasteiger partial charge in [0, 0.05) is 11.8 Å². The van der Waals surface area contributed by atoms with Crippen molar-refractivity contribution in [1.82, 2.24) is 24.5 Å². The topological polar surface area (TPSA) is 104 Å². The van der Waals surface area contributed by atoms with E-state index in [2.05, 4.69) is 20.5 Å². The van der Waals surface area contributed by atoms with Crippen molar-refractivity contribution in [3.05, 3.63) is 58.1 Å². The van der Waals surface area contributed by atoms with Crippen molar-refractivity contribution in [3.8, 4) is 11.6 Å². The van der Waals surface area contributed by atoms with Gasteiger partial charge in [-0.1, -0.05) is 11.3 Å². The molecule has 3 aromatic heterocycles. The van der Waals surface area contributed by atoms with E-state index in [0.717, 1.165) is 32.0 Å². The number of carbonyl (C=O) groups is 1. The molecule has 1 aromatic carbocycles. The highest BCUT2D eigenvalue weighted by Gasteiger charge is 2.12. The first-order chi connectivity index (χ1) is 13.9. The molecule has 4 aromatic rings. The molecule has 29 heavy (non-hydrogen) atoms. The Kier molecular flexibility index (Phi) is 4.85. The Balaban J connectivity index is 1.54. The largest absolute Gasteiger partial charge is 0.497 e. The molecule has 0 radical (unpaired) electrons. The number of benzene rings is 1. The maximum atomic E-state index is 12.5. The van der Waals surface area contributed by atoms with E-state index in [-0.39, 0.29) is 12.1 Å². The Morgan fingerprint density at radius 1 is 1.17 bits per heavy atom. The van der Waals surface area contributed by atoms with Gasteiger partial charge in [0.15, 0.2) is 10.9 Å². The lowest BCUT2D eigenvalue weighted by Gasteiger charge is -2.08. The molecule has 1 amide bonds. The summed E-state index contributed by atoms with van der Waals surface area (Å²) >= 11 is 1.33. The molecule has 0 unspecified atom stereocenters. The van der Waals surface area contributed by atoms with E-state index in [9.17, 15) is 9.59 Å². The molecular weight excluding hydrogens is 392 g/mol. The molecule has 0 aliphatic carbocycles. The number of aryl methyl sites for hydroxylation is 2. The number of hydrogen-bond acceptors (Lipinski definition) is 7. The minimum atomic E-state index is -0.392. The molecule has 4 rings (SSSR count). The van der Waals surface area contributed by atoms with Crippen LogP contribution in [0.1, 0.15) is 11.4 Å². The van der Waals surface area contributed by atoms with Gasteiger partial charge in [-0.3, -0.25) is 9.59 Å². The number of fused-ring (bicyclic) bond motifs is 1. The summed E-state index contributed by atoms with van der Waals surface area (Å²) in [6, 6.07) is 10.3. The number of amides is 1. The lowest BCUT2D eigenvalue weighted by atomic mass is 10.3. The summed E-state index contributed by atoms with van der Waals surface area (Å²) < 4.78 is 8.83. The number of thiazole rings is 1. The molecular formula is C19H18N6O3S. The molecule has 148 valence electrons. The maximum absolute atomic E-state index is 12.5. The predicted molar refractivity (Wildman–Crippen MR) is 110 cm³/mol. The molecule has 0 atom stereocenters. The minimum absolute atomic E-state index is 0.231. The highest BCUT2D eigenvalue weighted by atomic mass is 32.1. The van der Waals surface area contributed by atoms with Crippen LogP contribution in [0.25, 0.3) is 16.0 Å². The molecule has 0 saturated heterocycles. The standard InChI is InChI=1S/C19H18N6O3S/c1-11-8-12(2)25(22-11)16-6-7-18(27)24(23-16)10-17(26)21-19-20-14-5-4-13(28-3)9-15(14)29-19/h4-9H,10H2,1-3H3,(H,20,21,26). The van der Waals surface area contributed by atoms with Gasteiger partial charge < -0.3 is 10.1 Å². The van der Waals surface area contributed by atoms with Gasteiger partial charge in [-0.05, 0) is 44.2 Å². The van der Waals surface area contributed by atoms with Crippen molar-refractivity contribution in [2.45, 2.75) is 20.4 Å². The number of rotatable bonds is 5. The Morgan fingerprint density at radius 3 is 2.72 bits per heavy atom. The normalized spacial score (nSPS) is 11.0. The quantitative estimate of drug-likeness (QED) is 0.541. The van der Waals surface area contributed by atoms with Crippen LogP contribution in [0.3, 0.4) is 0 Å². The Labute approximate surface area is 169 Å². The number of nitrogens with zero attached hydrogens (tertiary/aromatic N) is 5. The Hall–Kier alpha value is -3.53. The van der Waals surface area contributed by atoms with E-state index in [0.29, 0.717) is 10.9 Å². The molecule has 3 heterocycles. The van der Waals surface area contributed by atoms with Crippen LogP contribution in [0.5, 0.6) is 5.75 Å². The van der Waals surface area contributed by atoms with Crippen LogP contribution in [0.15, 0.2) is 41.2 Å². The van der Waals surface area contributed by atoms with Gasteiger partial charge >= 0.3 is 0 Å². The van der Waals surface area contributed by atoms with Crippen LogP contribution in [0, 0.1) is 13.8 Å². The van der Waals surface area contributed by atoms with E-state index < -0.39 is 5.91 Å². The van der Waals surface area contributed by atoms with Crippen LogP contribution in [-0.4, -0.2) is 37.6 Å². The first kappa shape index (κ1) is 18.8. The number of hydrogen-bond donors (Lipinski definition) is 1. The summed E-state index contributed by atoms with van der Waals surface area (Å²) in [7, 11) is 1.59. The molecule has 1 N–H and O–H groups in total. The zero-order valence-electron chi connectivity index (χ0n) is 16.0. The summed E-state index contributed by atoms with van der Waals surface area (Å²) in [6.07, 6.45) is 0. The molecule has 9 nitrogen and oxygen atoms in total. The molecule has 0 bridgehead atoms. The SMILES string of the molecule is COc1ccc2nc(NC(=O)Cn3nc(-n4nc(C)cc4C)ccc3=O)sc2c1. The minimum Gasteiger partial charge on any atom is -0.497 e. The van der Waals surface area contributed by atoms with Crippen LogP contribution >= 0.6 is 11.3 Å². The number of methoxy groups -OCH3 is 1. The number of nitrogens with one attached hydrogen (secondary N) is 1. The van der Waals surface area contributed by atoms with Gasteiger partial charge in [0.25, 0.3) is 5.56 Å². The molecule has 0 aliphatic rings. The zero-order chi connectivity index (χ0) is 20.5. The van der Waals surface area contributed by atoms with Gasteiger partial charge in [0.1, 0.15) is 12.3 Å². The van der Waals surface area contributed by atoms with Crippen molar-refractivity contribution in [3.63, 3.8) is 0 Å². The van der Waals surface area contributed by atoms with Crippen LogP contribution in [0.4, 0.5) is 5.13 Å². The molecule has 0 spiro atoms. The van der Waals surface area contributed by atoms with Gasteiger partial charge in [0.2, 0.25) is 5.91 Å². The average molecular weight is 410 g/mol. The number of ether oxygens (including phenoxy) is 1. The smallest absolute Gasteiger partial charge is 0.267 e. The summed E-state index contributed by atoms with van der Waals surface area (Å²) in [5, 5.41) is 11.8. The summed E-state index contributed by atoms with van der Waals surface area (Å²) in [4.78, 5) is 29.0. The summed E-state index contributed by atoms with van der Waals surface area (Å²) in [5.41, 5.74) is 2.11. The van der Waals surface area contributed by atoms with E-state index in [1.807, 2.05) is 38.1 Å². The second kappa shape index (κ2) is 7.47. The van der Waals surface area contributed by atoms with E-state index >= 15 is 0 Å². The molecule has 10 heteroatoms. The summed E-state index contributed by atoms with van der Waals surface area (Å²) in [5.74, 6) is 0.793. The summed E-state index contributed by atoms with van der Waals surface area (Å²) in [6.45, 7) is 3.54. The van der Waals surface area contributed by atoms with Crippen molar-refractivity contribution >= 4 is 32.6 Å². The fraction of sp³-hybridized carbons (Fsp3) is 0.211. The number of carbonyl (C=O) groups excluding carboxylic acids is 1. The number of anilines is 1. The van der Waals surface area contributed by atoms with Gasteiger partial charge in [-0.25, -0.2) is 14.3 Å². The second-order valence-corrected chi connectivity index (χ2v) is 7.46. The predicted octanol–water partition coefficient (Wildman–Crippen LogP) is 2.30. The van der Waals surface area contributed by atoms with Crippen molar-refractivity contribution in [2.75, 3.05) is 12.4 Å². The molecule has 0 saturated carbocycles. The lowest BCUT2D eigenvalue weighted by Crippen LogP contribution is -2.30. The fourth-order valence-corrected chi connectivity index (χ4v) is 3.82. The first-order valence-electron chi connectivity index (χ1n) is 8.79. The highest BCUT2D eigenvalue weighted by molar-refractivity contribution is 7.22. The maximum Gasteiger partial charge on any atom is 0.267 e. The van der Waals surface area contributed by atoms with Crippen molar-refractivity contribution in [2.24, 2.45) is 0 Å². The zero-order valence-corrected chi connectivity index (χ0v) is 16.9. The highest BCUT2D eigenvalue weighted by Crippen LogP contribution is 2.29. The van der Waals surface area contributed by atoms with E-state index in [1.165, 1.54) is 17.4 Å². The Bertz CT molecular complexity index is 1270. The van der Waals surface area contributed by atoms with E-state index in [1.54, 1.807) is 17.9 Å². The molecule has 0 fully saturated rings. The van der Waals surface area contributed by atoms with Crippen LogP contribution in [-0.2, 0) is 11.3 Å². The number of aromatic nitrogens is 5. The average Bonchev–Trinajstić information content (AvgIpc) is 3.24. The Morgan fingerprint density at radius 2 is 2.00 bits per heavy atom. The van der Waals surface area contributed by atoms with Gasteiger partial charge in [0.05, 0.1) is 23.0 Å². The molecule has 0 aliphatic heterocycles. The van der Waals surface area contributed by atoms with Crippen molar-refractivity contribution < 1.29 is 9.53 Å². The lowest BCUT2D eigenvalue weighted by molar-refractivity contribution is -0.117. The van der Waals surface area contributed by atoms with Crippen LogP contribution < -0.4 is 15.6 Å². The van der Waals surface area contributed by atoms with Gasteiger partial charge in [-0.15, -0.1) is 5.10 Å². The third-order valence-corrected chi connectivity index (χ3v) is 5.15. The van der Waals surface area contributed by atoms with E-state index in [4.69, 9.17) is 4.74 Å². The van der Waals surface area contributed by atoms with Gasteiger partial charge in [-0.2, -0.15) is 5.10 Å². The van der Waals surface area contributed by atoms with Crippen molar-refractivity contribution in [1.29, 1.82) is 0 Å². The third-order valence-electron chi connectivity index (χ3n) is 4.21. The van der Waals surface area contributed by atoms with Crippen LogP contribution in [0.2, 0.25) is 0 Å². The first-order valence-corrected chi connectivity index (χ1v) is 9.61. The monoisotopic (exact) mass is 410 g/mol.